The Bertz CT molecular complexity index is 835. The van der Waals surface area contributed by atoms with Crippen molar-refractivity contribution in [2.45, 2.75) is 32.0 Å². The van der Waals surface area contributed by atoms with E-state index in [2.05, 4.69) is 47.9 Å². The second kappa shape index (κ2) is 9.70. The number of alkyl halides is 1. The third-order valence-electron chi connectivity index (χ3n) is 3.06. The van der Waals surface area contributed by atoms with Crippen LogP contribution in [0.1, 0.15) is 49.2 Å². The third-order valence-corrected chi connectivity index (χ3v) is 4.10. The van der Waals surface area contributed by atoms with Crippen LogP contribution >= 0.6 is 15.9 Å². The standard InChI is InChI=1S/C17H13BrN4O.C2H6/c1-2-14(18)17-21-16(22-23-17)15-9-7-12(11-20-15)6-8-13-5-3-4-10-19-13;1-2/h3-5,7,9-11,14H,2H2,1H3;1-2H3. The second-order valence-electron chi connectivity index (χ2n) is 4.73. The molecule has 0 radical (unpaired) electrons. The molecular weight excluding hydrogens is 380 g/mol. The zero-order chi connectivity index (χ0) is 18.1. The molecule has 25 heavy (non-hydrogen) atoms. The molecule has 1 atom stereocenters. The highest BCUT2D eigenvalue weighted by Gasteiger charge is 2.15. The fourth-order valence-corrected chi connectivity index (χ4v) is 2.00. The van der Waals surface area contributed by atoms with Crippen LogP contribution < -0.4 is 0 Å². The molecule has 0 fully saturated rings. The van der Waals surface area contributed by atoms with Crippen molar-refractivity contribution in [2.24, 2.45) is 0 Å². The van der Waals surface area contributed by atoms with Crippen molar-refractivity contribution in [1.29, 1.82) is 0 Å². The molecule has 0 aliphatic rings. The summed E-state index contributed by atoms with van der Waals surface area (Å²) in [6, 6.07) is 9.32. The van der Waals surface area contributed by atoms with Gasteiger partial charge in [-0.2, -0.15) is 4.98 Å². The maximum Gasteiger partial charge on any atom is 0.240 e. The van der Waals surface area contributed by atoms with Crippen LogP contribution in [0.5, 0.6) is 0 Å². The van der Waals surface area contributed by atoms with Crippen LogP contribution in [0.4, 0.5) is 0 Å². The summed E-state index contributed by atoms with van der Waals surface area (Å²) < 4.78 is 5.22. The van der Waals surface area contributed by atoms with Crippen molar-refractivity contribution in [3.63, 3.8) is 0 Å². The van der Waals surface area contributed by atoms with Gasteiger partial charge >= 0.3 is 0 Å². The van der Waals surface area contributed by atoms with E-state index >= 15 is 0 Å². The SMILES string of the molecule is CC.CCC(Br)c1nc(-c2ccc(C#Cc3ccccn3)cn2)no1. The first-order chi connectivity index (χ1) is 12.3. The summed E-state index contributed by atoms with van der Waals surface area (Å²) in [7, 11) is 0. The summed E-state index contributed by atoms with van der Waals surface area (Å²) in [4.78, 5) is 12.9. The van der Waals surface area contributed by atoms with Gasteiger partial charge in [0.05, 0.1) is 4.83 Å². The highest BCUT2D eigenvalue weighted by molar-refractivity contribution is 9.09. The highest BCUT2D eigenvalue weighted by atomic mass is 79.9. The zero-order valence-electron chi connectivity index (χ0n) is 14.4. The van der Waals surface area contributed by atoms with E-state index in [1.165, 1.54) is 0 Å². The first-order valence-corrected chi connectivity index (χ1v) is 9.05. The van der Waals surface area contributed by atoms with E-state index in [0.29, 0.717) is 17.4 Å². The molecule has 0 aromatic carbocycles. The van der Waals surface area contributed by atoms with E-state index < -0.39 is 0 Å². The Hall–Kier alpha value is -2.52. The molecule has 5 nitrogen and oxygen atoms in total. The molecule has 0 aliphatic carbocycles. The Balaban J connectivity index is 0.00000109. The lowest BCUT2D eigenvalue weighted by Crippen LogP contribution is -1.89. The number of aromatic nitrogens is 4. The van der Waals surface area contributed by atoms with Crippen LogP contribution in [0.3, 0.4) is 0 Å². The normalized spacial score (nSPS) is 10.9. The molecule has 0 aliphatic heterocycles. The van der Waals surface area contributed by atoms with Crippen molar-refractivity contribution in [1.82, 2.24) is 20.1 Å². The van der Waals surface area contributed by atoms with Crippen LogP contribution in [0.15, 0.2) is 47.2 Å². The summed E-state index contributed by atoms with van der Waals surface area (Å²) in [6.07, 6.45) is 4.27. The maximum absolute atomic E-state index is 5.22. The van der Waals surface area contributed by atoms with Crippen LogP contribution in [-0.2, 0) is 0 Å². The lowest BCUT2D eigenvalue weighted by Gasteiger charge is -1.96. The van der Waals surface area contributed by atoms with E-state index in [1.54, 1.807) is 12.4 Å². The zero-order valence-corrected chi connectivity index (χ0v) is 16.0. The molecule has 0 amide bonds. The average Bonchev–Trinajstić information content (AvgIpc) is 3.19. The molecule has 0 bridgehead atoms. The highest BCUT2D eigenvalue weighted by Crippen LogP contribution is 2.25. The predicted octanol–water partition coefficient (Wildman–Crippen LogP) is 4.80. The van der Waals surface area contributed by atoms with Gasteiger partial charge in [-0.05, 0) is 36.6 Å². The Kier molecular flexibility index (Phi) is 7.30. The molecule has 3 aromatic heterocycles. The predicted molar refractivity (Wildman–Crippen MR) is 101 cm³/mol. The molecule has 3 rings (SSSR count). The monoisotopic (exact) mass is 398 g/mol. The summed E-state index contributed by atoms with van der Waals surface area (Å²) in [5.41, 5.74) is 2.18. The van der Waals surface area contributed by atoms with Gasteiger partial charge in [0.15, 0.2) is 0 Å². The van der Waals surface area contributed by atoms with Gasteiger partial charge in [0, 0.05) is 18.0 Å². The fraction of sp³-hybridized carbons (Fsp3) is 0.263. The van der Waals surface area contributed by atoms with E-state index in [9.17, 15) is 0 Å². The van der Waals surface area contributed by atoms with Crippen molar-refractivity contribution in [3.05, 3.63) is 59.9 Å². The Labute approximate surface area is 156 Å². The molecule has 0 N–H and O–H groups in total. The van der Waals surface area contributed by atoms with Crippen LogP contribution in [0.25, 0.3) is 11.5 Å². The van der Waals surface area contributed by atoms with Crippen molar-refractivity contribution in [3.8, 4) is 23.4 Å². The Morgan fingerprint density at radius 2 is 1.96 bits per heavy atom. The van der Waals surface area contributed by atoms with E-state index in [4.69, 9.17) is 4.52 Å². The molecule has 128 valence electrons. The largest absolute Gasteiger partial charge is 0.338 e. The Morgan fingerprint density at radius 1 is 1.12 bits per heavy atom. The van der Waals surface area contributed by atoms with Gasteiger partial charge in [0.25, 0.3) is 0 Å². The smallest absolute Gasteiger partial charge is 0.240 e. The minimum atomic E-state index is 0.0623. The molecule has 0 saturated heterocycles. The third kappa shape index (κ3) is 5.23. The maximum atomic E-state index is 5.22. The molecule has 3 aromatic rings. The first kappa shape index (κ1) is 18.8. The van der Waals surface area contributed by atoms with Crippen molar-refractivity contribution >= 4 is 15.9 Å². The number of hydrogen-bond donors (Lipinski definition) is 0. The van der Waals surface area contributed by atoms with Crippen molar-refractivity contribution < 1.29 is 4.52 Å². The van der Waals surface area contributed by atoms with Crippen LogP contribution in [0, 0.1) is 11.8 Å². The van der Waals surface area contributed by atoms with Gasteiger partial charge in [-0.3, -0.25) is 4.98 Å². The molecule has 0 spiro atoms. The van der Waals surface area contributed by atoms with Gasteiger partial charge < -0.3 is 4.52 Å². The van der Waals surface area contributed by atoms with Crippen LogP contribution in [-0.4, -0.2) is 20.1 Å². The summed E-state index contributed by atoms with van der Waals surface area (Å²) in [5, 5.41) is 3.95. The molecule has 6 heteroatoms. The number of nitrogens with zero attached hydrogens (tertiary/aromatic N) is 4. The minimum Gasteiger partial charge on any atom is -0.338 e. The first-order valence-electron chi connectivity index (χ1n) is 8.13. The molecule has 1 unspecified atom stereocenters. The van der Waals surface area contributed by atoms with E-state index in [1.807, 2.05) is 51.1 Å². The quantitative estimate of drug-likeness (QED) is 0.468. The van der Waals surface area contributed by atoms with Gasteiger partial charge in [-0.1, -0.05) is 53.8 Å². The summed E-state index contributed by atoms with van der Waals surface area (Å²) >= 11 is 3.48. The average molecular weight is 399 g/mol. The minimum absolute atomic E-state index is 0.0623. The number of halogens is 1. The topological polar surface area (TPSA) is 64.7 Å². The number of pyridine rings is 2. The van der Waals surface area contributed by atoms with E-state index in [-0.39, 0.29) is 4.83 Å². The van der Waals surface area contributed by atoms with Crippen LogP contribution in [0.2, 0.25) is 0 Å². The molecule has 3 heterocycles. The molecule has 0 saturated carbocycles. The van der Waals surface area contributed by atoms with Gasteiger partial charge in [-0.25, -0.2) is 4.98 Å². The second-order valence-corrected chi connectivity index (χ2v) is 5.83. The Morgan fingerprint density at radius 3 is 2.60 bits per heavy atom. The van der Waals surface area contributed by atoms with Crippen molar-refractivity contribution in [2.75, 3.05) is 0 Å². The number of hydrogen-bond acceptors (Lipinski definition) is 5. The lowest BCUT2D eigenvalue weighted by atomic mass is 10.2. The van der Waals surface area contributed by atoms with E-state index in [0.717, 1.165) is 17.7 Å². The van der Waals surface area contributed by atoms with Gasteiger partial charge in [-0.15, -0.1) is 0 Å². The summed E-state index contributed by atoms with van der Waals surface area (Å²) in [6.45, 7) is 6.04. The van der Waals surface area contributed by atoms with Gasteiger partial charge in [0.1, 0.15) is 11.4 Å². The lowest BCUT2D eigenvalue weighted by molar-refractivity contribution is 0.377. The fourth-order valence-electron chi connectivity index (χ4n) is 1.81. The number of rotatable bonds is 3. The molecular formula is C19H19BrN4O. The summed E-state index contributed by atoms with van der Waals surface area (Å²) in [5.74, 6) is 7.05. The van der Waals surface area contributed by atoms with Gasteiger partial charge in [0.2, 0.25) is 11.7 Å².